The standard InChI is InChI=1S/C15H21F2N3/c16-15(17)13-8-10(18)3-4-14(13)19-11-5-7-20-6-1-2-12(20)9-11/h3-4,8,11-12,15,19H,1-2,5-7,9,18H2. The number of hydrogen-bond donors (Lipinski definition) is 2. The highest BCUT2D eigenvalue weighted by Gasteiger charge is 2.32. The molecule has 0 aliphatic carbocycles. The van der Waals surface area contributed by atoms with Crippen molar-refractivity contribution in [3.8, 4) is 0 Å². The first-order chi connectivity index (χ1) is 9.63. The van der Waals surface area contributed by atoms with Crippen molar-refractivity contribution < 1.29 is 8.78 Å². The Morgan fingerprint density at radius 3 is 2.90 bits per heavy atom. The Bertz CT molecular complexity index is 478. The van der Waals surface area contributed by atoms with Crippen molar-refractivity contribution in [2.45, 2.75) is 44.2 Å². The van der Waals surface area contributed by atoms with Gasteiger partial charge in [0.2, 0.25) is 0 Å². The molecule has 0 spiro atoms. The quantitative estimate of drug-likeness (QED) is 0.836. The number of alkyl halides is 2. The number of nitrogens with one attached hydrogen (secondary N) is 1. The molecule has 110 valence electrons. The summed E-state index contributed by atoms with van der Waals surface area (Å²) in [6.07, 6.45) is 2.08. The number of fused-ring (bicyclic) bond motifs is 1. The number of nitrogen functional groups attached to an aromatic ring is 1. The van der Waals surface area contributed by atoms with Crippen LogP contribution in [0.4, 0.5) is 20.2 Å². The summed E-state index contributed by atoms with van der Waals surface area (Å²) in [5, 5.41) is 3.31. The molecule has 5 heteroatoms. The summed E-state index contributed by atoms with van der Waals surface area (Å²) >= 11 is 0. The Hall–Kier alpha value is -1.36. The number of nitrogens with zero attached hydrogens (tertiary/aromatic N) is 1. The van der Waals surface area contributed by atoms with Crippen LogP contribution in [-0.2, 0) is 0 Å². The van der Waals surface area contributed by atoms with Gasteiger partial charge < -0.3 is 16.0 Å². The van der Waals surface area contributed by atoms with Crippen molar-refractivity contribution in [3.63, 3.8) is 0 Å². The largest absolute Gasteiger partial charge is 0.399 e. The maximum absolute atomic E-state index is 13.1. The minimum Gasteiger partial charge on any atom is -0.399 e. The van der Waals surface area contributed by atoms with Gasteiger partial charge in [0.25, 0.3) is 6.43 Å². The van der Waals surface area contributed by atoms with Crippen LogP contribution in [0.1, 0.15) is 37.7 Å². The summed E-state index contributed by atoms with van der Waals surface area (Å²) in [7, 11) is 0. The Kier molecular flexibility index (Phi) is 3.78. The van der Waals surface area contributed by atoms with E-state index in [0.717, 1.165) is 19.4 Å². The molecule has 2 atom stereocenters. The van der Waals surface area contributed by atoms with Gasteiger partial charge in [0.05, 0.1) is 0 Å². The van der Waals surface area contributed by atoms with Crippen LogP contribution in [0.5, 0.6) is 0 Å². The van der Waals surface area contributed by atoms with E-state index in [0.29, 0.717) is 17.4 Å². The Labute approximate surface area is 118 Å². The highest BCUT2D eigenvalue weighted by atomic mass is 19.3. The molecular weight excluding hydrogens is 260 g/mol. The second-order valence-corrected chi connectivity index (χ2v) is 5.85. The third kappa shape index (κ3) is 2.73. The van der Waals surface area contributed by atoms with Crippen LogP contribution in [0.2, 0.25) is 0 Å². The maximum atomic E-state index is 13.1. The predicted octanol–water partition coefficient (Wildman–Crippen LogP) is 3.25. The summed E-state index contributed by atoms with van der Waals surface area (Å²) in [5.74, 6) is 0. The molecule has 20 heavy (non-hydrogen) atoms. The molecule has 3 N–H and O–H groups in total. The van der Waals surface area contributed by atoms with Crippen LogP contribution >= 0.6 is 0 Å². The molecule has 2 fully saturated rings. The molecule has 0 bridgehead atoms. The Balaban J connectivity index is 1.71. The van der Waals surface area contributed by atoms with E-state index in [2.05, 4.69) is 10.2 Å². The van der Waals surface area contributed by atoms with Gasteiger partial charge in [0, 0.05) is 35.6 Å². The minimum atomic E-state index is -2.49. The molecule has 0 aromatic heterocycles. The molecule has 0 radical (unpaired) electrons. The second kappa shape index (κ2) is 5.56. The van der Waals surface area contributed by atoms with E-state index in [1.54, 1.807) is 12.1 Å². The van der Waals surface area contributed by atoms with Crippen LogP contribution < -0.4 is 11.1 Å². The summed E-state index contributed by atoms with van der Waals surface area (Å²) in [6.45, 7) is 2.27. The molecule has 1 aromatic carbocycles. The first-order valence-electron chi connectivity index (χ1n) is 7.31. The summed E-state index contributed by atoms with van der Waals surface area (Å²) < 4.78 is 26.1. The lowest BCUT2D eigenvalue weighted by Gasteiger charge is -2.36. The van der Waals surface area contributed by atoms with Crippen molar-refractivity contribution in [2.75, 3.05) is 24.1 Å². The molecule has 0 saturated carbocycles. The molecule has 2 saturated heterocycles. The van der Waals surface area contributed by atoms with Crippen molar-refractivity contribution in [3.05, 3.63) is 23.8 Å². The van der Waals surface area contributed by atoms with Crippen LogP contribution in [-0.4, -0.2) is 30.1 Å². The number of piperidine rings is 1. The highest BCUT2D eigenvalue weighted by Crippen LogP contribution is 2.32. The molecule has 2 heterocycles. The first kappa shape index (κ1) is 13.6. The van der Waals surface area contributed by atoms with Crippen molar-refractivity contribution in [2.24, 2.45) is 0 Å². The van der Waals surface area contributed by atoms with E-state index in [-0.39, 0.29) is 11.6 Å². The van der Waals surface area contributed by atoms with E-state index in [1.165, 1.54) is 25.5 Å². The van der Waals surface area contributed by atoms with Crippen LogP contribution in [0.3, 0.4) is 0 Å². The van der Waals surface area contributed by atoms with Crippen LogP contribution in [0.15, 0.2) is 18.2 Å². The topological polar surface area (TPSA) is 41.3 Å². The van der Waals surface area contributed by atoms with Crippen LogP contribution in [0.25, 0.3) is 0 Å². The highest BCUT2D eigenvalue weighted by molar-refractivity contribution is 5.59. The fraction of sp³-hybridized carbons (Fsp3) is 0.600. The summed E-state index contributed by atoms with van der Waals surface area (Å²) in [5.41, 5.74) is 6.53. The van der Waals surface area contributed by atoms with Crippen molar-refractivity contribution in [1.82, 2.24) is 4.90 Å². The monoisotopic (exact) mass is 281 g/mol. The fourth-order valence-electron chi connectivity index (χ4n) is 3.47. The van der Waals surface area contributed by atoms with Gasteiger partial charge in [-0.15, -0.1) is 0 Å². The van der Waals surface area contributed by atoms with Gasteiger partial charge in [-0.3, -0.25) is 0 Å². The SMILES string of the molecule is Nc1ccc(NC2CCN3CCCC3C2)c(C(F)F)c1. The molecule has 3 nitrogen and oxygen atoms in total. The molecule has 3 rings (SSSR count). The van der Waals surface area contributed by atoms with Crippen molar-refractivity contribution in [1.29, 1.82) is 0 Å². The molecule has 0 amide bonds. The number of anilines is 2. The molecular formula is C15H21F2N3. The molecule has 2 unspecified atom stereocenters. The lowest BCUT2D eigenvalue weighted by atomic mass is 9.97. The van der Waals surface area contributed by atoms with Gasteiger partial charge in [0.1, 0.15) is 0 Å². The number of halogens is 2. The number of rotatable bonds is 3. The molecule has 2 aliphatic heterocycles. The number of benzene rings is 1. The Morgan fingerprint density at radius 1 is 1.25 bits per heavy atom. The second-order valence-electron chi connectivity index (χ2n) is 5.85. The zero-order chi connectivity index (χ0) is 14.1. The van der Waals surface area contributed by atoms with E-state index in [1.807, 2.05) is 0 Å². The van der Waals surface area contributed by atoms with Gasteiger partial charge in [-0.25, -0.2) is 8.78 Å². The average Bonchev–Trinajstić information content (AvgIpc) is 2.88. The van der Waals surface area contributed by atoms with Gasteiger partial charge in [-0.1, -0.05) is 0 Å². The maximum Gasteiger partial charge on any atom is 0.265 e. The summed E-state index contributed by atoms with van der Waals surface area (Å²) in [4.78, 5) is 2.52. The minimum absolute atomic E-state index is 0.0128. The lowest BCUT2D eigenvalue weighted by molar-refractivity contribution is 0.152. The number of nitrogens with two attached hydrogens (primary N) is 1. The normalized spacial score (nSPS) is 26.8. The molecule has 1 aromatic rings. The third-order valence-corrected chi connectivity index (χ3v) is 4.49. The predicted molar refractivity (Wildman–Crippen MR) is 77.1 cm³/mol. The zero-order valence-electron chi connectivity index (χ0n) is 11.5. The van der Waals surface area contributed by atoms with E-state index < -0.39 is 6.43 Å². The third-order valence-electron chi connectivity index (χ3n) is 4.49. The van der Waals surface area contributed by atoms with Gasteiger partial charge in [0.15, 0.2) is 0 Å². The average molecular weight is 281 g/mol. The Morgan fingerprint density at radius 2 is 2.10 bits per heavy atom. The lowest BCUT2D eigenvalue weighted by Crippen LogP contribution is -2.42. The van der Waals surface area contributed by atoms with E-state index >= 15 is 0 Å². The van der Waals surface area contributed by atoms with Gasteiger partial charge >= 0.3 is 0 Å². The van der Waals surface area contributed by atoms with E-state index in [9.17, 15) is 8.78 Å². The van der Waals surface area contributed by atoms with Gasteiger partial charge in [-0.05, 0) is 50.4 Å². The van der Waals surface area contributed by atoms with Crippen LogP contribution in [0, 0.1) is 0 Å². The first-order valence-corrected chi connectivity index (χ1v) is 7.31. The fourth-order valence-corrected chi connectivity index (χ4v) is 3.47. The summed E-state index contributed by atoms with van der Waals surface area (Å²) in [6, 6.07) is 5.65. The zero-order valence-corrected chi connectivity index (χ0v) is 11.5. The van der Waals surface area contributed by atoms with E-state index in [4.69, 9.17) is 5.73 Å². The van der Waals surface area contributed by atoms with Gasteiger partial charge in [-0.2, -0.15) is 0 Å². The smallest absolute Gasteiger partial charge is 0.265 e. The molecule has 2 aliphatic rings. The van der Waals surface area contributed by atoms with Crippen molar-refractivity contribution >= 4 is 11.4 Å². The number of hydrogen-bond acceptors (Lipinski definition) is 3.